The van der Waals surface area contributed by atoms with E-state index < -0.39 is 10.8 Å². The van der Waals surface area contributed by atoms with Gasteiger partial charge in [-0.05, 0) is 29.8 Å². The number of benzene rings is 3. The van der Waals surface area contributed by atoms with Crippen molar-refractivity contribution in [2.75, 3.05) is 19.5 Å². The average Bonchev–Trinajstić information content (AvgIpc) is 2.74. The number of nitro groups is 1. The van der Waals surface area contributed by atoms with Crippen LogP contribution in [-0.2, 0) is 6.42 Å². The van der Waals surface area contributed by atoms with Gasteiger partial charge in [-0.15, -0.1) is 0 Å². The van der Waals surface area contributed by atoms with Crippen molar-refractivity contribution >= 4 is 17.3 Å². The second-order valence-corrected chi connectivity index (χ2v) is 6.28. The lowest BCUT2D eigenvalue weighted by atomic mass is 10.0. The number of carbonyl (C=O) groups excluding carboxylic acids is 1. The van der Waals surface area contributed by atoms with Crippen LogP contribution in [0.1, 0.15) is 21.5 Å². The minimum absolute atomic E-state index is 0.0853. The maximum Gasteiger partial charge on any atom is 0.270 e. The second-order valence-electron chi connectivity index (χ2n) is 6.28. The maximum absolute atomic E-state index is 12.7. The Labute approximate surface area is 168 Å². The van der Waals surface area contributed by atoms with Crippen LogP contribution in [0.5, 0.6) is 11.5 Å². The Morgan fingerprint density at radius 3 is 2.31 bits per heavy atom. The minimum atomic E-state index is -0.554. The van der Waals surface area contributed by atoms with Gasteiger partial charge in [0, 0.05) is 29.8 Å². The highest BCUT2D eigenvalue weighted by molar-refractivity contribution is 6.06. The molecule has 0 fully saturated rings. The summed E-state index contributed by atoms with van der Waals surface area (Å²) in [7, 11) is 3.00. The van der Waals surface area contributed by atoms with E-state index in [1.165, 1.54) is 25.3 Å². The third-order valence-electron chi connectivity index (χ3n) is 4.41. The van der Waals surface area contributed by atoms with Gasteiger partial charge < -0.3 is 14.8 Å². The van der Waals surface area contributed by atoms with Gasteiger partial charge in [0.2, 0.25) is 0 Å². The molecule has 0 bridgehead atoms. The van der Waals surface area contributed by atoms with E-state index in [9.17, 15) is 14.9 Å². The van der Waals surface area contributed by atoms with Crippen molar-refractivity contribution in [3.8, 4) is 11.5 Å². The molecule has 1 N–H and O–H groups in total. The van der Waals surface area contributed by atoms with Crippen molar-refractivity contribution in [2.24, 2.45) is 0 Å². The lowest BCUT2D eigenvalue weighted by Gasteiger charge is -2.13. The molecule has 0 heterocycles. The van der Waals surface area contributed by atoms with Crippen molar-refractivity contribution < 1.29 is 19.2 Å². The first-order valence-corrected chi connectivity index (χ1v) is 8.86. The summed E-state index contributed by atoms with van der Waals surface area (Å²) in [5.41, 5.74) is 2.46. The molecular formula is C22H20N2O5. The first-order valence-electron chi connectivity index (χ1n) is 8.86. The van der Waals surface area contributed by atoms with Crippen molar-refractivity contribution in [3.63, 3.8) is 0 Å². The predicted octanol–water partition coefficient (Wildman–Crippen LogP) is 4.46. The normalized spacial score (nSPS) is 10.3. The number of carbonyl (C=O) groups is 1. The molecule has 3 rings (SSSR count). The molecule has 29 heavy (non-hydrogen) atoms. The number of methoxy groups -OCH3 is 2. The van der Waals surface area contributed by atoms with Gasteiger partial charge in [0.25, 0.3) is 11.6 Å². The Morgan fingerprint density at radius 2 is 1.66 bits per heavy atom. The van der Waals surface area contributed by atoms with E-state index >= 15 is 0 Å². The molecule has 0 radical (unpaired) electrons. The second kappa shape index (κ2) is 8.88. The minimum Gasteiger partial charge on any atom is -0.496 e. The highest BCUT2D eigenvalue weighted by Crippen LogP contribution is 2.28. The Hall–Kier alpha value is -3.87. The van der Waals surface area contributed by atoms with Crippen LogP contribution in [0.2, 0.25) is 0 Å². The summed E-state index contributed by atoms with van der Waals surface area (Å²) in [4.78, 5) is 23.2. The standard InChI is InChI=1S/C22H20N2O5/c1-28-20-10-8-17(13-16(20)12-15-6-4-3-5-7-15)23-22(25)19-14-18(24(26)27)9-11-21(19)29-2/h3-11,13-14H,12H2,1-2H3,(H,23,25). The average molecular weight is 392 g/mol. The van der Waals surface area contributed by atoms with Gasteiger partial charge in [-0.1, -0.05) is 30.3 Å². The highest BCUT2D eigenvalue weighted by atomic mass is 16.6. The number of anilines is 1. The molecule has 3 aromatic rings. The van der Waals surface area contributed by atoms with E-state index in [1.54, 1.807) is 19.2 Å². The number of nitro benzene ring substituents is 1. The number of ether oxygens (including phenoxy) is 2. The van der Waals surface area contributed by atoms with Crippen molar-refractivity contribution in [3.05, 3.63) is 93.5 Å². The Balaban J connectivity index is 1.88. The summed E-state index contributed by atoms with van der Waals surface area (Å²) in [5.74, 6) is 0.465. The van der Waals surface area contributed by atoms with Gasteiger partial charge in [-0.2, -0.15) is 0 Å². The number of amides is 1. The maximum atomic E-state index is 12.7. The predicted molar refractivity (Wildman–Crippen MR) is 110 cm³/mol. The van der Waals surface area contributed by atoms with Gasteiger partial charge in [0.05, 0.1) is 24.7 Å². The van der Waals surface area contributed by atoms with Crippen LogP contribution < -0.4 is 14.8 Å². The van der Waals surface area contributed by atoms with Crippen molar-refractivity contribution in [1.29, 1.82) is 0 Å². The summed E-state index contributed by atoms with van der Waals surface area (Å²) < 4.78 is 10.6. The molecule has 0 unspecified atom stereocenters. The van der Waals surface area contributed by atoms with Crippen LogP contribution in [-0.4, -0.2) is 25.1 Å². The molecule has 0 saturated heterocycles. The third-order valence-corrected chi connectivity index (χ3v) is 4.41. The molecule has 1 amide bonds. The zero-order valence-electron chi connectivity index (χ0n) is 16.0. The molecular weight excluding hydrogens is 372 g/mol. The molecule has 0 atom stereocenters. The van der Waals surface area contributed by atoms with Crippen LogP contribution in [0.3, 0.4) is 0 Å². The smallest absolute Gasteiger partial charge is 0.270 e. The first-order chi connectivity index (χ1) is 14.0. The number of rotatable bonds is 7. The van der Waals surface area contributed by atoms with Crippen molar-refractivity contribution in [2.45, 2.75) is 6.42 Å². The summed E-state index contributed by atoms with van der Waals surface area (Å²) in [6.07, 6.45) is 0.633. The zero-order valence-corrected chi connectivity index (χ0v) is 16.0. The van der Waals surface area contributed by atoms with Crippen LogP contribution >= 0.6 is 0 Å². The molecule has 148 valence electrons. The van der Waals surface area contributed by atoms with Gasteiger partial charge in [-0.3, -0.25) is 14.9 Å². The monoisotopic (exact) mass is 392 g/mol. The molecule has 0 aliphatic carbocycles. The van der Waals surface area contributed by atoms with E-state index in [0.29, 0.717) is 17.9 Å². The Bertz CT molecular complexity index is 1030. The molecule has 0 spiro atoms. The Kier molecular flexibility index (Phi) is 6.09. The highest BCUT2D eigenvalue weighted by Gasteiger charge is 2.18. The van der Waals surface area contributed by atoms with E-state index in [-0.39, 0.29) is 17.0 Å². The van der Waals surface area contributed by atoms with Gasteiger partial charge in [0.15, 0.2) is 0 Å². The summed E-state index contributed by atoms with van der Waals surface area (Å²) in [6, 6.07) is 19.1. The fraction of sp³-hybridized carbons (Fsp3) is 0.136. The van der Waals surface area contributed by atoms with E-state index in [2.05, 4.69) is 5.32 Å². The van der Waals surface area contributed by atoms with E-state index in [0.717, 1.165) is 11.1 Å². The summed E-state index contributed by atoms with van der Waals surface area (Å²) >= 11 is 0. The lowest BCUT2D eigenvalue weighted by molar-refractivity contribution is -0.384. The summed E-state index contributed by atoms with van der Waals surface area (Å²) in [6.45, 7) is 0. The number of hydrogen-bond donors (Lipinski definition) is 1. The van der Waals surface area contributed by atoms with E-state index in [4.69, 9.17) is 9.47 Å². The summed E-state index contributed by atoms with van der Waals surface area (Å²) in [5, 5.41) is 13.8. The largest absolute Gasteiger partial charge is 0.496 e. The number of nitrogens with one attached hydrogen (secondary N) is 1. The third kappa shape index (κ3) is 4.70. The Morgan fingerprint density at radius 1 is 0.966 bits per heavy atom. The zero-order chi connectivity index (χ0) is 20.8. The van der Waals surface area contributed by atoms with Gasteiger partial charge in [-0.25, -0.2) is 0 Å². The first kappa shape index (κ1) is 19.9. The van der Waals surface area contributed by atoms with Crippen molar-refractivity contribution in [1.82, 2.24) is 0 Å². The molecule has 0 aromatic heterocycles. The van der Waals surface area contributed by atoms with Crippen LogP contribution in [0, 0.1) is 10.1 Å². The number of non-ortho nitro benzene ring substituents is 1. The van der Waals surface area contributed by atoms with Crippen LogP contribution in [0.15, 0.2) is 66.7 Å². The number of nitrogens with zero attached hydrogens (tertiary/aromatic N) is 1. The van der Waals surface area contributed by atoms with Crippen LogP contribution in [0.25, 0.3) is 0 Å². The molecule has 7 heteroatoms. The lowest BCUT2D eigenvalue weighted by Crippen LogP contribution is -2.14. The fourth-order valence-corrected chi connectivity index (χ4v) is 3.00. The topological polar surface area (TPSA) is 90.7 Å². The quantitative estimate of drug-likeness (QED) is 0.474. The number of hydrogen-bond acceptors (Lipinski definition) is 5. The van der Waals surface area contributed by atoms with Crippen LogP contribution in [0.4, 0.5) is 11.4 Å². The molecule has 0 aliphatic heterocycles. The van der Waals surface area contributed by atoms with Gasteiger partial charge >= 0.3 is 0 Å². The van der Waals surface area contributed by atoms with Gasteiger partial charge in [0.1, 0.15) is 11.5 Å². The van der Waals surface area contributed by atoms with E-state index in [1.807, 2.05) is 36.4 Å². The molecule has 0 aliphatic rings. The molecule has 0 saturated carbocycles. The fourth-order valence-electron chi connectivity index (χ4n) is 3.00. The molecule has 7 nitrogen and oxygen atoms in total. The SMILES string of the molecule is COc1ccc(NC(=O)c2cc([N+](=O)[O-])ccc2OC)cc1Cc1ccccc1. The molecule has 3 aromatic carbocycles.